The summed E-state index contributed by atoms with van der Waals surface area (Å²) in [6, 6.07) is 5.74. The smallest absolute Gasteiger partial charge is 0.416 e. The van der Waals surface area contributed by atoms with Gasteiger partial charge in [-0.3, -0.25) is 4.79 Å². The van der Waals surface area contributed by atoms with E-state index in [2.05, 4.69) is 10.3 Å². The Morgan fingerprint density at radius 3 is 2.55 bits per heavy atom. The van der Waals surface area contributed by atoms with Gasteiger partial charge in [0, 0.05) is 13.1 Å². The molecule has 0 spiro atoms. The molecule has 0 fully saturated rings. The van der Waals surface area contributed by atoms with Gasteiger partial charge in [0.2, 0.25) is 5.75 Å². The summed E-state index contributed by atoms with van der Waals surface area (Å²) in [6.07, 6.45) is -3.38. The number of nitrogens with one attached hydrogen (secondary N) is 1. The highest BCUT2D eigenvalue weighted by molar-refractivity contribution is 5.95. The Bertz CT molecular complexity index is 886. The third kappa shape index (κ3) is 5.56. The second-order valence-corrected chi connectivity index (χ2v) is 5.82. The monoisotopic (exact) mass is 412 g/mol. The zero-order chi connectivity index (χ0) is 21.6. The molecule has 0 radical (unpaired) electrons. The van der Waals surface area contributed by atoms with Crippen LogP contribution in [0.1, 0.15) is 19.4 Å². The molecule has 0 aliphatic carbocycles. The summed E-state index contributed by atoms with van der Waals surface area (Å²) >= 11 is 0. The highest BCUT2D eigenvalue weighted by atomic mass is 19.4. The number of amides is 1. The molecule has 8 nitrogen and oxygen atoms in total. The van der Waals surface area contributed by atoms with Gasteiger partial charge >= 0.3 is 12.0 Å². The van der Waals surface area contributed by atoms with Gasteiger partial charge in [0.05, 0.1) is 16.9 Å². The summed E-state index contributed by atoms with van der Waals surface area (Å²) in [5, 5.41) is 13.3. The quantitative estimate of drug-likeness (QED) is 0.522. The topological polar surface area (TPSA) is 97.6 Å². The molecule has 0 atom stereocenters. The van der Waals surface area contributed by atoms with Gasteiger partial charge in [0.25, 0.3) is 5.91 Å². The predicted molar refractivity (Wildman–Crippen MR) is 100 cm³/mol. The summed E-state index contributed by atoms with van der Waals surface area (Å²) < 4.78 is 44.3. The predicted octanol–water partition coefficient (Wildman–Crippen LogP) is 3.87. The summed E-state index contributed by atoms with van der Waals surface area (Å²) in [6.45, 7) is 4.06. The Balaban J connectivity index is 2.23. The number of alkyl halides is 3. The Labute approximate surface area is 164 Å². The van der Waals surface area contributed by atoms with Crippen LogP contribution in [0, 0.1) is 10.1 Å². The lowest BCUT2D eigenvalue weighted by molar-refractivity contribution is -0.390. The molecule has 1 amide bonds. The number of aromatic nitrogens is 1. The third-order valence-electron chi connectivity index (χ3n) is 3.98. The number of benzene rings is 1. The van der Waals surface area contributed by atoms with Gasteiger partial charge in [0.1, 0.15) is 6.20 Å². The molecule has 0 aliphatic heterocycles. The molecule has 156 valence electrons. The van der Waals surface area contributed by atoms with Gasteiger partial charge in [0.15, 0.2) is 6.61 Å². The lowest BCUT2D eigenvalue weighted by Crippen LogP contribution is -2.26. The molecule has 0 saturated heterocycles. The fourth-order valence-corrected chi connectivity index (χ4v) is 2.61. The van der Waals surface area contributed by atoms with E-state index in [4.69, 9.17) is 4.74 Å². The minimum Gasteiger partial charge on any atom is -0.476 e. The summed E-state index contributed by atoms with van der Waals surface area (Å²) in [7, 11) is 0. The van der Waals surface area contributed by atoms with E-state index in [1.807, 2.05) is 13.8 Å². The van der Waals surface area contributed by atoms with Crippen LogP contribution in [0.25, 0.3) is 0 Å². The average molecular weight is 412 g/mol. The van der Waals surface area contributed by atoms with Gasteiger partial charge in [-0.15, -0.1) is 0 Å². The Morgan fingerprint density at radius 2 is 1.97 bits per heavy atom. The molecule has 0 aliphatic rings. The van der Waals surface area contributed by atoms with E-state index in [-0.39, 0.29) is 11.4 Å². The molecule has 0 bridgehead atoms. The Hall–Kier alpha value is -3.37. The lowest BCUT2D eigenvalue weighted by atomic mass is 10.1. The van der Waals surface area contributed by atoms with Crippen LogP contribution >= 0.6 is 0 Å². The molecular weight excluding hydrogens is 393 g/mol. The number of anilines is 2. The number of hydrogen-bond donors (Lipinski definition) is 1. The number of pyridine rings is 1. The first-order valence-corrected chi connectivity index (χ1v) is 8.65. The standard InChI is InChI=1S/C18H19F3N4O4/c1-3-24(4-2)14-8-7-12(18(19,20)21)10-13(14)23-16(26)11-29-15-6-5-9-22-17(15)25(27)28/h5-10H,3-4,11H2,1-2H3,(H,23,26). The molecule has 1 heterocycles. The van der Waals surface area contributed by atoms with Gasteiger partial charge in [-0.25, -0.2) is 0 Å². The van der Waals surface area contributed by atoms with Crippen molar-refractivity contribution >= 4 is 23.1 Å². The van der Waals surface area contributed by atoms with Gasteiger partial charge in [-0.2, -0.15) is 13.2 Å². The van der Waals surface area contributed by atoms with E-state index in [1.165, 1.54) is 24.4 Å². The Morgan fingerprint density at radius 1 is 1.28 bits per heavy atom. The molecule has 1 aromatic heterocycles. The summed E-state index contributed by atoms with van der Waals surface area (Å²) in [5.41, 5.74) is -0.519. The maximum Gasteiger partial charge on any atom is 0.416 e. The zero-order valence-electron chi connectivity index (χ0n) is 15.7. The van der Waals surface area contributed by atoms with E-state index in [0.717, 1.165) is 12.1 Å². The molecule has 2 aromatic rings. The first kappa shape index (κ1) is 21.9. The van der Waals surface area contributed by atoms with Crippen LogP contribution < -0.4 is 15.0 Å². The summed E-state index contributed by atoms with van der Waals surface area (Å²) in [4.78, 5) is 27.7. The van der Waals surface area contributed by atoms with Crippen LogP contribution in [0.15, 0.2) is 36.5 Å². The second kappa shape index (κ2) is 9.22. The van der Waals surface area contributed by atoms with E-state index < -0.39 is 35.0 Å². The highest BCUT2D eigenvalue weighted by Crippen LogP contribution is 2.35. The molecule has 2 rings (SSSR count). The largest absolute Gasteiger partial charge is 0.476 e. The minimum absolute atomic E-state index is 0.0298. The average Bonchev–Trinajstić information content (AvgIpc) is 2.67. The normalized spacial score (nSPS) is 11.1. The number of hydrogen-bond acceptors (Lipinski definition) is 6. The van der Waals surface area contributed by atoms with E-state index in [9.17, 15) is 28.1 Å². The van der Waals surface area contributed by atoms with Crippen molar-refractivity contribution in [3.63, 3.8) is 0 Å². The van der Waals surface area contributed by atoms with Gasteiger partial charge in [-0.05, 0) is 54.1 Å². The lowest BCUT2D eigenvalue weighted by Gasteiger charge is -2.25. The second-order valence-electron chi connectivity index (χ2n) is 5.82. The van der Waals surface area contributed by atoms with Crippen molar-refractivity contribution in [1.29, 1.82) is 0 Å². The molecule has 0 saturated carbocycles. The number of halogens is 3. The van der Waals surface area contributed by atoms with E-state index in [0.29, 0.717) is 18.8 Å². The fraction of sp³-hybridized carbons (Fsp3) is 0.333. The zero-order valence-corrected chi connectivity index (χ0v) is 15.7. The fourth-order valence-electron chi connectivity index (χ4n) is 2.61. The number of nitrogens with zero attached hydrogens (tertiary/aromatic N) is 3. The van der Waals surface area contributed by atoms with E-state index >= 15 is 0 Å². The van der Waals surface area contributed by atoms with Crippen LogP contribution in [0.4, 0.5) is 30.4 Å². The van der Waals surface area contributed by atoms with Crippen molar-refractivity contribution in [2.24, 2.45) is 0 Å². The van der Waals surface area contributed by atoms with Crippen molar-refractivity contribution in [2.75, 3.05) is 29.9 Å². The van der Waals surface area contributed by atoms with Crippen LogP contribution in [0.2, 0.25) is 0 Å². The van der Waals surface area contributed by atoms with Crippen LogP contribution in [0.5, 0.6) is 5.75 Å². The number of carbonyl (C=O) groups excluding carboxylic acids is 1. The number of rotatable bonds is 8. The number of carbonyl (C=O) groups is 1. The third-order valence-corrected chi connectivity index (χ3v) is 3.98. The minimum atomic E-state index is -4.58. The molecular formula is C18H19F3N4O4. The van der Waals surface area contributed by atoms with Crippen molar-refractivity contribution in [1.82, 2.24) is 4.98 Å². The molecule has 0 unspecified atom stereocenters. The van der Waals surface area contributed by atoms with Crippen molar-refractivity contribution < 1.29 is 27.6 Å². The summed E-state index contributed by atoms with van der Waals surface area (Å²) in [5.74, 6) is -1.56. The van der Waals surface area contributed by atoms with Gasteiger partial charge < -0.3 is 25.1 Å². The maximum absolute atomic E-state index is 13.1. The first-order chi connectivity index (χ1) is 13.7. The molecule has 1 N–H and O–H groups in total. The molecule has 29 heavy (non-hydrogen) atoms. The van der Waals surface area contributed by atoms with Gasteiger partial charge in [-0.1, -0.05) is 0 Å². The molecule has 1 aromatic carbocycles. The Kier molecular flexibility index (Phi) is 6.97. The van der Waals surface area contributed by atoms with E-state index in [1.54, 1.807) is 4.90 Å². The maximum atomic E-state index is 13.1. The highest BCUT2D eigenvalue weighted by Gasteiger charge is 2.31. The SMILES string of the molecule is CCN(CC)c1ccc(C(F)(F)F)cc1NC(=O)COc1cccnc1[N+](=O)[O-]. The number of nitro groups is 1. The van der Waals surface area contributed by atoms with Crippen molar-refractivity contribution in [2.45, 2.75) is 20.0 Å². The molecule has 11 heteroatoms. The van der Waals surface area contributed by atoms with Crippen LogP contribution in [-0.4, -0.2) is 35.5 Å². The van der Waals surface area contributed by atoms with Crippen LogP contribution in [-0.2, 0) is 11.0 Å². The van der Waals surface area contributed by atoms with Crippen molar-refractivity contribution in [3.8, 4) is 5.75 Å². The van der Waals surface area contributed by atoms with Crippen molar-refractivity contribution in [3.05, 3.63) is 52.2 Å². The number of ether oxygens (including phenoxy) is 1. The first-order valence-electron chi connectivity index (χ1n) is 8.65. The van der Waals surface area contributed by atoms with Crippen LogP contribution in [0.3, 0.4) is 0 Å².